The first-order valence-electron chi connectivity index (χ1n) is 11.0. The standard InChI is InChI=1S/C22H31N5O4/c1-4-5-13-26-20(23-24-25-26)14-31-22(29)18-9-11-19(12-10-18)30-15-21(28)27-16(2)7-6-8-17(27)3/h9-12,16-17H,4-8,13-15H2,1-3H3. The summed E-state index contributed by atoms with van der Waals surface area (Å²) in [6.07, 6.45) is 5.18. The minimum absolute atomic E-state index is 0.00844. The maximum absolute atomic E-state index is 12.6. The highest BCUT2D eigenvalue weighted by Gasteiger charge is 2.29. The molecule has 0 bridgehead atoms. The molecule has 1 fully saturated rings. The van der Waals surface area contributed by atoms with Crippen molar-refractivity contribution in [2.24, 2.45) is 0 Å². The molecule has 1 amide bonds. The van der Waals surface area contributed by atoms with Gasteiger partial charge in [0.05, 0.1) is 5.56 Å². The Morgan fingerprint density at radius 1 is 1.13 bits per heavy atom. The number of piperidine rings is 1. The van der Waals surface area contributed by atoms with E-state index in [1.807, 2.05) is 4.90 Å². The summed E-state index contributed by atoms with van der Waals surface area (Å²) in [4.78, 5) is 26.8. The number of amides is 1. The SMILES string of the molecule is CCCCn1nnnc1COC(=O)c1ccc(OCC(=O)N2C(C)CCCC2C)cc1. The minimum atomic E-state index is -0.469. The molecule has 0 radical (unpaired) electrons. The highest BCUT2D eigenvalue weighted by molar-refractivity contribution is 5.89. The summed E-state index contributed by atoms with van der Waals surface area (Å²) < 4.78 is 12.6. The van der Waals surface area contributed by atoms with E-state index in [4.69, 9.17) is 9.47 Å². The lowest BCUT2D eigenvalue weighted by molar-refractivity contribution is -0.139. The highest BCUT2D eigenvalue weighted by Crippen LogP contribution is 2.23. The number of carbonyl (C=O) groups excluding carboxylic acids is 2. The van der Waals surface area contributed by atoms with E-state index in [-0.39, 0.29) is 31.2 Å². The van der Waals surface area contributed by atoms with Gasteiger partial charge in [-0.1, -0.05) is 13.3 Å². The van der Waals surface area contributed by atoms with E-state index in [2.05, 4.69) is 36.3 Å². The molecular weight excluding hydrogens is 398 g/mol. The van der Waals surface area contributed by atoms with Crippen LogP contribution >= 0.6 is 0 Å². The molecule has 1 saturated heterocycles. The van der Waals surface area contributed by atoms with E-state index in [1.165, 1.54) is 0 Å². The molecule has 9 heteroatoms. The van der Waals surface area contributed by atoms with Gasteiger partial charge in [0.15, 0.2) is 19.0 Å². The first-order valence-corrected chi connectivity index (χ1v) is 11.0. The van der Waals surface area contributed by atoms with Crippen molar-refractivity contribution in [1.82, 2.24) is 25.1 Å². The van der Waals surface area contributed by atoms with Gasteiger partial charge < -0.3 is 14.4 Å². The predicted octanol–water partition coefficient (Wildman–Crippen LogP) is 3.00. The molecule has 2 aromatic rings. The number of ether oxygens (including phenoxy) is 2. The van der Waals surface area contributed by atoms with Crippen molar-refractivity contribution in [3.63, 3.8) is 0 Å². The molecule has 1 aliphatic heterocycles. The number of tetrazole rings is 1. The van der Waals surface area contributed by atoms with Crippen LogP contribution in [0.2, 0.25) is 0 Å². The zero-order valence-electron chi connectivity index (χ0n) is 18.5. The van der Waals surface area contributed by atoms with Crippen molar-refractivity contribution in [2.45, 2.75) is 78.1 Å². The summed E-state index contributed by atoms with van der Waals surface area (Å²) in [5, 5.41) is 11.5. The van der Waals surface area contributed by atoms with Gasteiger partial charge in [0, 0.05) is 18.6 Å². The summed E-state index contributed by atoms with van der Waals surface area (Å²) in [6.45, 7) is 6.93. The lowest BCUT2D eigenvalue weighted by Gasteiger charge is -2.38. The van der Waals surface area contributed by atoms with Gasteiger partial charge in [0.2, 0.25) is 0 Å². The fourth-order valence-electron chi connectivity index (χ4n) is 3.84. The first kappa shape index (κ1) is 22.7. The van der Waals surface area contributed by atoms with Gasteiger partial charge in [-0.25, -0.2) is 9.48 Å². The molecule has 1 aliphatic rings. The van der Waals surface area contributed by atoms with E-state index >= 15 is 0 Å². The largest absolute Gasteiger partial charge is 0.484 e. The third-order valence-electron chi connectivity index (χ3n) is 5.60. The number of esters is 1. The number of carbonyl (C=O) groups is 2. The fourth-order valence-corrected chi connectivity index (χ4v) is 3.84. The molecule has 0 saturated carbocycles. The van der Waals surface area contributed by atoms with E-state index in [1.54, 1.807) is 28.9 Å². The van der Waals surface area contributed by atoms with Gasteiger partial charge >= 0.3 is 5.97 Å². The molecule has 168 valence electrons. The Hall–Kier alpha value is -2.97. The molecule has 31 heavy (non-hydrogen) atoms. The number of benzene rings is 1. The summed E-state index contributed by atoms with van der Waals surface area (Å²) >= 11 is 0. The first-order chi connectivity index (χ1) is 15.0. The molecule has 0 spiro atoms. The second-order valence-corrected chi connectivity index (χ2v) is 7.99. The second kappa shape index (κ2) is 10.9. The maximum Gasteiger partial charge on any atom is 0.338 e. The number of unbranched alkanes of at least 4 members (excludes halogenated alkanes) is 1. The molecule has 0 N–H and O–H groups in total. The molecule has 2 unspecified atom stereocenters. The minimum Gasteiger partial charge on any atom is -0.484 e. The van der Waals surface area contributed by atoms with Crippen LogP contribution in [0.5, 0.6) is 5.75 Å². The number of hydrogen-bond acceptors (Lipinski definition) is 7. The summed E-state index contributed by atoms with van der Waals surface area (Å²) in [5.74, 6) is 0.569. The topological polar surface area (TPSA) is 99.4 Å². The van der Waals surface area contributed by atoms with E-state index < -0.39 is 5.97 Å². The third kappa shape index (κ3) is 6.02. The van der Waals surface area contributed by atoms with Crippen LogP contribution in [-0.4, -0.2) is 55.7 Å². The monoisotopic (exact) mass is 429 g/mol. The van der Waals surface area contributed by atoms with Crippen molar-refractivity contribution in [3.05, 3.63) is 35.7 Å². The lowest BCUT2D eigenvalue weighted by Crippen LogP contribution is -2.49. The van der Waals surface area contributed by atoms with Gasteiger partial charge in [-0.15, -0.1) is 5.10 Å². The molecule has 3 rings (SSSR count). The number of rotatable bonds is 9. The van der Waals surface area contributed by atoms with Crippen molar-refractivity contribution in [2.75, 3.05) is 6.61 Å². The second-order valence-electron chi connectivity index (χ2n) is 7.99. The van der Waals surface area contributed by atoms with Crippen LogP contribution in [0.25, 0.3) is 0 Å². The van der Waals surface area contributed by atoms with Crippen molar-refractivity contribution in [3.8, 4) is 5.75 Å². The average molecular weight is 430 g/mol. The quantitative estimate of drug-likeness (QED) is 0.565. The molecule has 0 aliphatic carbocycles. The summed E-state index contributed by atoms with van der Waals surface area (Å²) in [7, 11) is 0. The van der Waals surface area contributed by atoms with Gasteiger partial charge in [0.25, 0.3) is 5.91 Å². The van der Waals surface area contributed by atoms with Crippen molar-refractivity contribution in [1.29, 1.82) is 0 Å². The van der Waals surface area contributed by atoms with Gasteiger partial charge in [-0.05, 0) is 74.2 Å². The number of hydrogen-bond donors (Lipinski definition) is 0. The smallest absolute Gasteiger partial charge is 0.338 e. The number of likely N-dealkylation sites (tertiary alicyclic amines) is 1. The Kier molecular flexibility index (Phi) is 7.97. The predicted molar refractivity (Wildman–Crippen MR) is 113 cm³/mol. The Morgan fingerprint density at radius 3 is 2.52 bits per heavy atom. The molecule has 1 aromatic carbocycles. The third-order valence-corrected chi connectivity index (χ3v) is 5.60. The lowest BCUT2D eigenvalue weighted by atomic mass is 9.97. The molecule has 2 atom stereocenters. The Bertz CT molecular complexity index is 857. The zero-order chi connectivity index (χ0) is 22.2. The van der Waals surface area contributed by atoms with Crippen LogP contribution in [0.1, 0.15) is 69.1 Å². The molecule has 1 aromatic heterocycles. The van der Waals surface area contributed by atoms with Gasteiger partial charge in [0.1, 0.15) is 5.75 Å². The normalized spacial score (nSPS) is 18.6. The van der Waals surface area contributed by atoms with E-state index in [0.717, 1.165) is 32.1 Å². The fraction of sp³-hybridized carbons (Fsp3) is 0.591. The average Bonchev–Trinajstić information content (AvgIpc) is 3.22. The molecule has 9 nitrogen and oxygen atoms in total. The molecular formula is C22H31N5O4. The zero-order valence-corrected chi connectivity index (χ0v) is 18.5. The van der Waals surface area contributed by atoms with Crippen LogP contribution < -0.4 is 4.74 Å². The van der Waals surface area contributed by atoms with E-state index in [9.17, 15) is 9.59 Å². The van der Waals surface area contributed by atoms with Crippen LogP contribution in [0.15, 0.2) is 24.3 Å². The number of aromatic nitrogens is 4. The van der Waals surface area contributed by atoms with Crippen molar-refractivity contribution >= 4 is 11.9 Å². The van der Waals surface area contributed by atoms with Crippen LogP contribution in [0.3, 0.4) is 0 Å². The number of aryl methyl sites for hydroxylation is 1. The molecule has 2 heterocycles. The Labute approximate surface area is 182 Å². The van der Waals surface area contributed by atoms with Gasteiger partial charge in [-0.2, -0.15) is 0 Å². The van der Waals surface area contributed by atoms with Crippen LogP contribution in [0, 0.1) is 0 Å². The van der Waals surface area contributed by atoms with Crippen LogP contribution in [0.4, 0.5) is 0 Å². The summed E-state index contributed by atoms with van der Waals surface area (Å²) in [5.41, 5.74) is 0.393. The highest BCUT2D eigenvalue weighted by atomic mass is 16.5. The van der Waals surface area contributed by atoms with Crippen LogP contribution in [-0.2, 0) is 22.7 Å². The maximum atomic E-state index is 12.6. The van der Waals surface area contributed by atoms with Gasteiger partial charge in [-0.3, -0.25) is 4.79 Å². The Morgan fingerprint density at radius 2 is 1.84 bits per heavy atom. The summed E-state index contributed by atoms with van der Waals surface area (Å²) in [6, 6.07) is 7.04. The van der Waals surface area contributed by atoms with Crippen molar-refractivity contribution < 1.29 is 19.1 Å². The number of nitrogens with zero attached hydrogens (tertiary/aromatic N) is 5. The Balaban J connectivity index is 1.49. The van der Waals surface area contributed by atoms with E-state index in [0.29, 0.717) is 23.7 Å².